The van der Waals surface area contributed by atoms with E-state index in [9.17, 15) is 19.5 Å². The van der Waals surface area contributed by atoms with Gasteiger partial charge in [0.2, 0.25) is 17.7 Å². The van der Waals surface area contributed by atoms with Crippen molar-refractivity contribution >= 4 is 39.3 Å². The monoisotopic (exact) mass is 649 g/mol. The maximum atomic E-state index is 14.7. The molecule has 3 aliphatic rings. The predicted octanol–water partition coefficient (Wildman–Crippen LogP) is 4.19. The summed E-state index contributed by atoms with van der Waals surface area (Å²) >= 11 is 3.76. The van der Waals surface area contributed by atoms with E-state index in [1.807, 2.05) is 74.5 Å². The van der Waals surface area contributed by atoms with Crippen LogP contribution < -0.4 is 4.90 Å². The van der Waals surface area contributed by atoms with Crippen LogP contribution in [0.5, 0.6) is 0 Å². The molecule has 0 saturated carbocycles. The van der Waals surface area contributed by atoms with Crippen LogP contribution in [0.2, 0.25) is 0 Å². The molecule has 3 aliphatic heterocycles. The SMILES string of the molecule is C=CCN(Cc1ccccc1)C(=O)C1N([C@@H](CO)C(C)C)C(=O)[C@@H]2[C@@H](C(=O)N(CC=C)c3ccccc3)[C@@H]3OC12CC3Br. The Morgan fingerprint density at radius 3 is 2.28 bits per heavy atom. The van der Waals surface area contributed by atoms with Gasteiger partial charge >= 0.3 is 0 Å². The summed E-state index contributed by atoms with van der Waals surface area (Å²) in [4.78, 5) is 48.4. The molecule has 3 heterocycles. The van der Waals surface area contributed by atoms with Crippen LogP contribution in [0.1, 0.15) is 25.8 Å². The molecule has 0 aromatic heterocycles. The Kier molecular flexibility index (Phi) is 9.25. The second-order valence-corrected chi connectivity index (χ2v) is 13.1. The van der Waals surface area contributed by atoms with Crippen LogP contribution in [-0.2, 0) is 25.7 Å². The first-order valence-electron chi connectivity index (χ1n) is 14.9. The van der Waals surface area contributed by atoms with E-state index >= 15 is 0 Å². The first kappa shape index (κ1) is 31.2. The van der Waals surface area contributed by atoms with Crippen molar-refractivity contribution in [2.24, 2.45) is 17.8 Å². The minimum atomic E-state index is -1.23. The number of halogens is 1. The fraction of sp³-hybridized carbons (Fsp3) is 0.441. The number of likely N-dealkylation sites (tertiary alicyclic amines) is 1. The summed E-state index contributed by atoms with van der Waals surface area (Å²) in [5, 5.41) is 10.5. The predicted molar refractivity (Wildman–Crippen MR) is 169 cm³/mol. The van der Waals surface area contributed by atoms with E-state index in [2.05, 4.69) is 29.1 Å². The van der Waals surface area contributed by atoms with Crippen LogP contribution in [0.15, 0.2) is 86.0 Å². The third-order valence-corrected chi connectivity index (χ3v) is 9.93. The Hall–Kier alpha value is -3.27. The molecule has 8 nitrogen and oxygen atoms in total. The Morgan fingerprint density at radius 1 is 1.07 bits per heavy atom. The van der Waals surface area contributed by atoms with Gasteiger partial charge in [-0.2, -0.15) is 0 Å². The number of para-hydroxylation sites is 1. The summed E-state index contributed by atoms with van der Waals surface area (Å²) in [5.41, 5.74) is 0.402. The highest BCUT2D eigenvalue weighted by Gasteiger charge is 2.77. The molecule has 3 fully saturated rings. The summed E-state index contributed by atoms with van der Waals surface area (Å²) in [7, 11) is 0. The zero-order valence-corrected chi connectivity index (χ0v) is 26.3. The van der Waals surface area contributed by atoms with E-state index < -0.39 is 35.6 Å². The van der Waals surface area contributed by atoms with Crippen molar-refractivity contribution in [1.29, 1.82) is 0 Å². The number of anilines is 1. The van der Waals surface area contributed by atoms with E-state index in [1.54, 1.807) is 26.9 Å². The van der Waals surface area contributed by atoms with Gasteiger partial charge in [0.25, 0.3) is 0 Å². The van der Waals surface area contributed by atoms with E-state index in [-0.39, 0.29) is 48.2 Å². The Bertz CT molecular complexity index is 1350. The van der Waals surface area contributed by atoms with Crippen LogP contribution in [0.4, 0.5) is 5.69 Å². The van der Waals surface area contributed by atoms with Crippen LogP contribution >= 0.6 is 15.9 Å². The molecule has 2 bridgehead atoms. The zero-order valence-electron chi connectivity index (χ0n) is 24.7. The van der Waals surface area contributed by atoms with Gasteiger partial charge in [0, 0.05) is 30.1 Å². The molecule has 2 aromatic rings. The Labute approximate surface area is 262 Å². The standard InChI is InChI=1S/C34H40BrN3O5/c1-5-17-36(20-23-13-9-7-10-14-23)33(42)30-34-19-25(35)29(43-34)27(28(34)32(41)38(30)26(21-39)22(3)4)31(40)37(18-6-2)24-15-11-8-12-16-24/h5-16,22,25-30,39H,1-2,17-21H2,3-4H3/t25?,26-,27+,28-,29+,30?,34?/m0/s1. The van der Waals surface area contributed by atoms with Gasteiger partial charge in [-0.3, -0.25) is 14.4 Å². The third kappa shape index (κ3) is 5.36. The van der Waals surface area contributed by atoms with Crippen LogP contribution in [0, 0.1) is 17.8 Å². The number of fused-ring (bicyclic) bond motifs is 1. The number of carbonyl (C=O) groups is 3. The summed E-state index contributed by atoms with van der Waals surface area (Å²) in [6.07, 6.45) is 3.12. The Balaban J connectivity index is 1.60. The lowest BCUT2D eigenvalue weighted by Crippen LogP contribution is -2.59. The van der Waals surface area contributed by atoms with Crippen molar-refractivity contribution in [3.63, 3.8) is 0 Å². The number of nitrogens with zero attached hydrogens (tertiary/aromatic N) is 3. The molecule has 1 N–H and O–H groups in total. The molecule has 3 saturated heterocycles. The molecule has 228 valence electrons. The molecular weight excluding hydrogens is 610 g/mol. The summed E-state index contributed by atoms with van der Waals surface area (Å²) < 4.78 is 6.74. The van der Waals surface area contributed by atoms with Crippen molar-refractivity contribution in [2.45, 2.75) is 55.4 Å². The topological polar surface area (TPSA) is 90.4 Å². The molecule has 0 radical (unpaired) electrons. The lowest BCUT2D eigenvalue weighted by atomic mass is 9.70. The van der Waals surface area contributed by atoms with Gasteiger partial charge in [0.15, 0.2) is 0 Å². The number of aliphatic hydroxyl groups is 1. The van der Waals surface area contributed by atoms with Crippen molar-refractivity contribution in [2.75, 3.05) is 24.6 Å². The van der Waals surface area contributed by atoms with Gasteiger partial charge in [0.1, 0.15) is 11.6 Å². The minimum absolute atomic E-state index is 0.144. The number of carbonyl (C=O) groups excluding carboxylic acids is 3. The number of hydrogen-bond donors (Lipinski definition) is 1. The highest BCUT2D eigenvalue weighted by atomic mass is 79.9. The van der Waals surface area contributed by atoms with Gasteiger partial charge in [-0.15, -0.1) is 13.2 Å². The highest BCUT2D eigenvalue weighted by molar-refractivity contribution is 9.09. The maximum Gasteiger partial charge on any atom is 0.249 e. The second kappa shape index (κ2) is 12.8. The smallest absolute Gasteiger partial charge is 0.249 e. The molecule has 0 aliphatic carbocycles. The lowest BCUT2D eigenvalue weighted by Gasteiger charge is -2.40. The van der Waals surface area contributed by atoms with Gasteiger partial charge in [-0.1, -0.05) is 90.5 Å². The normalized spacial score (nSPS) is 28.1. The van der Waals surface area contributed by atoms with E-state index in [1.165, 1.54) is 0 Å². The molecule has 2 aromatic carbocycles. The largest absolute Gasteiger partial charge is 0.394 e. The lowest BCUT2D eigenvalue weighted by molar-refractivity contribution is -0.152. The zero-order chi connectivity index (χ0) is 30.9. The van der Waals surface area contributed by atoms with Crippen LogP contribution in [-0.4, -0.2) is 80.9 Å². The number of ether oxygens (including phenoxy) is 1. The fourth-order valence-electron chi connectivity index (χ4n) is 7.21. The van der Waals surface area contributed by atoms with Crippen LogP contribution in [0.3, 0.4) is 0 Å². The quantitative estimate of drug-likeness (QED) is 0.275. The molecule has 43 heavy (non-hydrogen) atoms. The minimum Gasteiger partial charge on any atom is -0.394 e. The van der Waals surface area contributed by atoms with Crippen molar-refractivity contribution < 1.29 is 24.2 Å². The average molecular weight is 651 g/mol. The second-order valence-electron chi connectivity index (χ2n) is 12.0. The number of hydrogen-bond acceptors (Lipinski definition) is 5. The summed E-state index contributed by atoms with van der Waals surface area (Å²) in [6, 6.07) is 17.3. The van der Waals surface area contributed by atoms with E-state index in [0.29, 0.717) is 18.7 Å². The third-order valence-electron chi connectivity index (χ3n) is 9.08. The molecule has 3 amide bonds. The van der Waals surface area contributed by atoms with Crippen molar-refractivity contribution in [3.8, 4) is 0 Å². The van der Waals surface area contributed by atoms with Crippen LogP contribution in [0.25, 0.3) is 0 Å². The summed E-state index contributed by atoms with van der Waals surface area (Å²) in [6.45, 7) is 12.1. The number of aliphatic hydroxyl groups excluding tert-OH is 1. The fourth-order valence-corrected chi connectivity index (χ4v) is 8.15. The first-order chi connectivity index (χ1) is 20.7. The number of benzene rings is 2. The van der Waals surface area contributed by atoms with Gasteiger partial charge in [0.05, 0.1) is 30.6 Å². The first-order valence-corrected chi connectivity index (χ1v) is 15.8. The maximum absolute atomic E-state index is 14.7. The van der Waals surface area contributed by atoms with Gasteiger partial charge in [-0.25, -0.2) is 0 Å². The Morgan fingerprint density at radius 2 is 1.70 bits per heavy atom. The molecule has 7 atom stereocenters. The van der Waals surface area contributed by atoms with E-state index in [4.69, 9.17) is 4.74 Å². The molecule has 9 heteroatoms. The van der Waals surface area contributed by atoms with Crippen molar-refractivity contribution in [1.82, 2.24) is 9.80 Å². The molecular formula is C34H40BrN3O5. The van der Waals surface area contributed by atoms with Gasteiger partial charge < -0.3 is 24.5 Å². The average Bonchev–Trinajstić information content (AvgIpc) is 3.60. The van der Waals surface area contributed by atoms with Gasteiger partial charge in [-0.05, 0) is 30.0 Å². The highest BCUT2D eigenvalue weighted by Crippen LogP contribution is 2.61. The molecule has 3 unspecified atom stereocenters. The van der Waals surface area contributed by atoms with E-state index in [0.717, 1.165) is 5.56 Å². The molecule has 5 rings (SSSR count). The molecule has 1 spiro atoms. The number of rotatable bonds is 12. The summed E-state index contributed by atoms with van der Waals surface area (Å²) in [5.74, 6) is -2.69. The number of alkyl halides is 1. The number of amides is 3. The van der Waals surface area contributed by atoms with Crippen molar-refractivity contribution in [3.05, 3.63) is 91.5 Å².